The molecular formula is C35H42ClN3O5S. The van der Waals surface area contributed by atoms with Gasteiger partial charge in [-0.05, 0) is 97.2 Å². The number of allylic oxidation sites excluding steroid dienone is 1. The molecule has 0 unspecified atom stereocenters. The molecule has 2 aromatic carbocycles. The van der Waals surface area contributed by atoms with Gasteiger partial charge in [-0.25, -0.2) is 13.1 Å². The highest BCUT2D eigenvalue weighted by molar-refractivity contribution is 7.90. The number of nitriles is 1. The number of rotatable bonds is 2. The van der Waals surface area contributed by atoms with Crippen molar-refractivity contribution in [2.75, 3.05) is 31.7 Å². The molecule has 0 radical (unpaired) electrons. The van der Waals surface area contributed by atoms with Gasteiger partial charge in [-0.1, -0.05) is 43.7 Å². The van der Waals surface area contributed by atoms with Crippen molar-refractivity contribution in [1.82, 2.24) is 4.72 Å². The van der Waals surface area contributed by atoms with Gasteiger partial charge in [0.25, 0.3) is 10.0 Å². The molecule has 1 saturated carbocycles. The molecule has 45 heavy (non-hydrogen) atoms. The Bertz CT molecular complexity index is 1650. The Hall–Kier alpha value is -3.06. The zero-order valence-electron chi connectivity index (χ0n) is 26.2. The first kappa shape index (κ1) is 31.9. The quantitative estimate of drug-likeness (QED) is 0.399. The highest BCUT2D eigenvalue weighted by Crippen LogP contribution is 2.47. The molecule has 1 amide bonds. The number of methoxy groups -OCH3 is 1. The number of amides is 1. The summed E-state index contributed by atoms with van der Waals surface area (Å²) in [6.45, 7) is 5.47. The average Bonchev–Trinajstić information content (AvgIpc) is 3.14. The Morgan fingerprint density at radius 2 is 2.04 bits per heavy atom. The number of hydrogen-bond acceptors (Lipinski definition) is 7. The van der Waals surface area contributed by atoms with E-state index in [9.17, 15) is 18.5 Å². The predicted octanol–water partition coefficient (Wildman–Crippen LogP) is 5.96. The maximum absolute atomic E-state index is 13.9. The van der Waals surface area contributed by atoms with Gasteiger partial charge in [0.05, 0.1) is 35.8 Å². The fourth-order valence-electron chi connectivity index (χ4n) is 7.76. The van der Waals surface area contributed by atoms with E-state index in [-0.39, 0.29) is 28.8 Å². The van der Waals surface area contributed by atoms with Crippen LogP contribution in [0.5, 0.6) is 5.75 Å². The third kappa shape index (κ3) is 6.09. The Morgan fingerprint density at radius 3 is 2.78 bits per heavy atom. The zero-order chi connectivity index (χ0) is 31.9. The van der Waals surface area contributed by atoms with Gasteiger partial charge < -0.3 is 14.4 Å². The maximum Gasteiger partial charge on any atom is 0.264 e. The lowest BCUT2D eigenvalue weighted by Crippen LogP contribution is -2.49. The lowest BCUT2D eigenvalue weighted by atomic mass is 9.68. The molecule has 0 saturated heterocycles. The minimum atomic E-state index is -4.28. The molecule has 8 nitrogen and oxygen atoms in total. The van der Waals surface area contributed by atoms with Crippen LogP contribution in [0.4, 0.5) is 5.69 Å². The van der Waals surface area contributed by atoms with Crippen LogP contribution in [-0.2, 0) is 37.8 Å². The SMILES string of the molecule is CO[C@H]1/C=C/C[C@H](C)[C@@H](C)C(=O)NS(=O)(=O)c2cc3c(cc2CC#N)OC[C@]2(CCCc4cc(Cl)ccc42)CN3C[C@@H]2CC[C@H]21. The molecule has 2 bridgehead atoms. The lowest BCUT2D eigenvalue weighted by molar-refractivity contribution is -0.124. The minimum absolute atomic E-state index is 0.0452. The number of halogens is 1. The summed E-state index contributed by atoms with van der Waals surface area (Å²) in [5.74, 6) is 0.0157. The number of hydrogen-bond donors (Lipinski definition) is 1. The van der Waals surface area contributed by atoms with Gasteiger partial charge in [-0.2, -0.15) is 5.26 Å². The van der Waals surface area contributed by atoms with Crippen molar-refractivity contribution in [3.8, 4) is 11.8 Å². The van der Waals surface area contributed by atoms with E-state index in [1.807, 2.05) is 13.0 Å². The second-order valence-electron chi connectivity index (χ2n) is 13.5. The van der Waals surface area contributed by atoms with E-state index in [1.54, 1.807) is 26.2 Å². The van der Waals surface area contributed by atoms with Crippen LogP contribution >= 0.6 is 11.6 Å². The summed E-state index contributed by atoms with van der Waals surface area (Å²) in [6.07, 6.45) is 9.59. The summed E-state index contributed by atoms with van der Waals surface area (Å²) < 4.78 is 42.7. The maximum atomic E-state index is 13.9. The molecule has 10 heteroatoms. The Kier molecular flexibility index (Phi) is 8.95. The molecule has 6 rings (SSSR count). The smallest absolute Gasteiger partial charge is 0.264 e. The van der Waals surface area contributed by atoms with Crippen LogP contribution in [0.15, 0.2) is 47.4 Å². The van der Waals surface area contributed by atoms with Crippen molar-refractivity contribution < 1.29 is 22.7 Å². The zero-order valence-corrected chi connectivity index (χ0v) is 27.8. The molecule has 4 aliphatic rings. The van der Waals surface area contributed by atoms with Crippen LogP contribution in [0.25, 0.3) is 0 Å². The van der Waals surface area contributed by atoms with E-state index < -0.39 is 21.8 Å². The summed E-state index contributed by atoms with van der Waals surface area (Å²) in [6, 6.07) is 11.6. The standard InChI is InChI=1S/C35H42ClN3O5S/c1-22-6-4-8-31(43-3)28-11-9-26(28)19-39-20-35(14-5-7-24-16-27(36)10-12-29(24)35)21-44-32-17-25(13-15-37)33(18-30(32)39)45(41,42)38-34(40)23(22)2/h4,8,10,12,16-18,22-23,26,28,31H,5-7,9,11,13-14,19-21H2,1-3H3,(H,38,40)/b8-4+/t22-,23+,26-,28+,31-,35-/m0/s1. The van der Waals surface area contributed by atoms with Crippen molar-refractivity contribution in [1.29, 1.82) is 5.26 Å². The fourth-order valence-corrected chi connectivity index (χ4v) is 9.26. The summed E-state index contributed by atoms with van der Waals surface area (Å²) in [5.41, 5.74) is 3.11. The van der Waals surface area contributed by atoms with E-state index in [2.05, 4.69) is 40.0 Å². The highest BCUT2D eigenvalue weighted by atomic mass is 35.5. The number of fused-ring (bicyclic) bond motifs is 4. The third-order valence-corrected chi connectivity index (χ3v) is 12.4. The van der Waals surface area contributed by atoms with Gasteiger partial charge in [-0.15, -0.1) is 0 Å². The number of benzene rings is 2. The average molecular weight is 652 g/mol. The molecular weight excluding hydrogens is 610 g/mol. The van der Waals surface area contributed by atoms with Crippen molar-refractivity contribution in [2.24, 2.45) is 23.7 Å². The van der Waals surface area contributed by atoms with Crippen LogP contribution < -0.4 is 14.4 Å². The third-order valence-electron chi connectivity index (χ3n) is 10.7. The van der Waals surface area contributed by atoms with Crippen molar-refractivity contribution in [3.63, 3.8) is 0 Å². The highest BCUT2D eigenvalue weighted by Gasteiger charge is 2.45. The first-order valence-electron chi connectivity index (χ1n) is 16.0. The summed E-state index contributed by atoms with van der Waals surface area (Å²) in [7, 11) is -2.52. The van der Waals surface area contributed by atoms with Crippen LogP contribution in [0.1, 0.15) is 62.6 Å². The van der Waals surface area contributed by atoms with Crippen LogP contribution in [0, 0.1) is 35.0 Å². The molecule has 0 aromatic heterocycles. The van der Waals surface area contributed by atoms with Gasteiger partial charge in [0.1, 0.15) is 5.75 Å². The van der Waals surface area contributed by atoms with Gasteiger partial charge in [0.2, 0.25) is 5.91 Å². The summed E-state index contributed by atoms with van der Waals surface area (Å²) >= 11 is 6.42. The van der Waals surface area contributed by atoms with Gasteiger partial charge in [-0.3, -0.25) is 4.79 Å². The molecule has 2 heterocycles. The Morgan fingerprint density at radius 1 is 1.22 bits per heavy atom. The molecule has 240 valence electrons. The predicted molar refractivity (Wildman–Crippen MR) is 174 cm³/mol. The van der Waals surface area contributed by atoms with Gasteiger partial charge in [0, 0.05) is 36.6 Å². The summed E-state index contributed by atoms with van der Waals surface area (Å²) in [5, 5.41) is 10.4. The molecule has 1 N–H and O–H groups in total. The normalized spacial score (nSPS) is 31.7. The topological polar surface area (TPSA) is 109 Å². The minimum Gasteiger partial charge on any atom is -0.490 e. The number of sulfonamides is 1. The van der Waals surface area contributed by atoms with E-state index >= 15 is 0 Å². The van der Waals surface area contributed by atoms with E-state index in [1.165, 1.54) is 11.1 Å². The van der Waals surface area contributed by atoms with Crippen LogP contribution in [0.3, 0.4) is 0 Å². The lowest BCUT2D eigenvalue weighted by Gasteiger charge is -2.46. The largest absolute Gasteiger partial charge is 0.490 e. The number of aryl methyl sites for hydroxylation is 1. The molecule has 2 aliphatic heterocycles. The van der Waals surface area contributed by atoms with Crippen molar-refractivity contribution in [3.05, 3.63) is 64.2 Å². The second-order valence-corrected chi connectivity index (χ2v) is 15.6. The summed E-state index contributed by atoms with van der Waals surface area (Å²) in [4.78, 5) is 15.5. The first-order chi connectivity index (χ1) is 21.5. The number of carbonyl (C=O) groups excluding carboxylic acids is 1. The van der Waals surface area contributed by atoms with Crippen LogP contribution in [-0.4, -0.2) is 47.2 Å². The molecule has 1 spiro atoms. The van der Waals surface area contributed by atoms with Crippen molar-refractivity contribution in [2.45, 2.75) is 75.2 Å². The molecule has 2 aromatic rings. The molecule has 6 atom stereocenters. The van der Waals surface area contributed by atoms with E-state index in [0.29, 0.717) is 60.0 Å². The molecule has 1 fully saturated rings. The monoisotopic (exact) mass is 651 g/mol. The number of carbonyl (C=O) groups is 1. The van der Waals surface area contributed by atoms with Crippen molar-refractivity contribution >= 4 is 33.2 Å². The van der Waals surface area contributed by atoms with Gasteiger partial charge in [0.15, 0.2) is 0 Å². The first-order valence-corrected chi connectivity index (χ1v) is 17.9. The van der Waals surface area contributed by atoms with E-state index in [4.69, 9.17) is 21.1 Å². The number of nitrogens with zero attached hydrogens (tertiary/aromatic N) is 2. The van der Waals surface area contributed by atoms with E-state index in [0.717, 1.165) is 32.1 Å². The fraction of sp³-hybridized carbons (Fsp3) is 0.543. The Balaban J connectivity index is 1.50. The number of ether oxygens (including phenoxy) is 2. The second kappa shape index (κ2) is 12.6. The number of nitrogens with one attached hydrogen (secondary N) is 1. The Labute approximate surface area is 271 Å². The van der Waals surface area contributed by atoms with Crippen LogP contribution in [0.2, 0.25) is 5.02 Å². The number of anilines is 1. The van der Waals surface area contributed by atoms with Gasteiger partial charge >= 0.3 is 0 Å². The molecule has 2 aliphatic carbocycles.